The van der Waals surface area contributed by atoms with Crippen LogP contribution in [-0.2, 0) is 17.5 Å². The zero-order valence-electron chi connectivity index (χ0n) is 18.7. The number of aromatic nitrogens is 3. The number of ether oxygens (including phenoxy) is 1. The fourth-order valence-electron chi connectivity index (χ4n) is 3.42. The number of hydrogen-bond donors (Lipinski definition) is 1. The number of aryl methyl sites for hydroxylation is 2. The van der Waals surface area contributed by atoms with Crippen LogP contribution in [-0.4, -0.2) is 26.4 Å². The predicted octanol–water partition coefficient (Wildman–Crippen LogP) is 5.80. The van der Waals surface area contributed by atoms with Gasteiger partial charge in [-0.05, 0) is 63.1 Å². The van der Waals surface area contributed by atoms with Crippen molar-refractivity contribution < 1.29 is 22.7 Å². The van der Waals surface area contributed by atoms with Crippen LogP contribution in [0, 0.1) is 13.8 Å². The highest BCUT2D eigenvalue weighted by Gasteiger charge is 2.33. The van der Waals surface area contributed by atoms with Crippen molar-refractivity contribution >= 4 is 23.4 Å². The SMILES string of the molecule is CCn1c(SCC(=O)Nc2ccccc2C(F)(F)F)nnc1C(C)Oc1cc(C)cc(C)c1. The van der Waals surface area contributed by atoms with Gasteiger partial charge in [-0.15, -0.1) is 10.2 Å². The van der Waals surface area contributed by atoms with Gasteiger partial charge in [0, 0.05) is 6.54 Å². The van der Waals surface area contributed by atoms with Crippen LogP contribution in [0.2, 0.25) is 0 Å². The maximum Gasteiger partial charge on any atom is 0.418 e. The minimum Gasteiger partial charge on any atom is -0.483 e. The maximum atomic E-state index is 13.1. The molecule has 3 aromatic rings. The van der Waals surface area contributed by atoms with Gasteiger partial charge in [-0.3, -0.25) is 4.79 Å². The second-order valence-electron chi connectivity index (χ2n) is 7.55. The summed E-state index contributed by atoms with van der Waals surface area (Å²) in [4.78, 5) is 12.3. The lowest BCUT2D eigenvalue weighted by molar-refractivity contribution is -0.137. The third kappa shape index (κ3) is 6.28. The molecule has 1 aromatic heterocycles. The molecule has 33 heavy (non-hydrogen) atoms. The summed E-state index contributed by atoms with van der Waals surface area (Å²) in [5.74, 6) is 0.643. The Kier molecular flexibility index (Phi) is 7.68. The van der Waals surface area contributed by atoms with Gasteiger partial charge >= 0.3 is 6.18 Å². The molecule has 0 spiro atoms. The average molecular weight is 479 g/mol. The molecule has 6 nitrogen and oxygen atoms in total. The van der Waals surface area contributed by atoms with E-state index in [2.05, 4.69) is 21.6 Å². The number of carbonyl (C=O) groups is 1. The Hall–Kier alpha value is -3.01. The quantitative estimate of drug-likeness (QED) is 0.414. The van der Waals surface area contributed by atoms with E-state index in [0.717, 1.165) is 34.7 Å². The molecule has 0 aliphatic carbocycles. The topological polar surface area (TPSA) is 69.0 Å². The Labute approximate surface area is 194 Å². The van der Waals surface area contributed by atoms with Crippen LogP contribution < -0.4 is 10.1 Å². The van der Waals surface area contributed by atoms with E-state index in [9.17, 15) is 18.0 Å². The Balaban J connectivity index is 1.67. The lowest BCUT2D eigenvalue weighted by Crippen LogP contribution is -2.18. The fourth-order valence-corrected chi connectivity index (χ4v) is 4.23. The van der Waals surface area contributed by atoms with E-state index in [1.165, 1.54) is 18.2 Å². The van der Waals surface area contributed by atoms with Gasteiger partial charge in [0.25, 0.3) is 0 Å². The summed E-state index contributed by atoms with van der Waals surface area (Å²) in [6.45, 7) is 8.31. The van der Waals surface area contributed by atoms with Gasteiger partial charge in [0.15, 0.2) is 17.1 Å². The molecule has 3 rings (SSSR count). The smallest absolute Gasteiger partial charge is 0.418 e. The third-order valence-electron chi connectivity index (χ3n) is 4.77. The Morgan fingerprint density at radius 2 is 1.82 bits per heavy atom. The van der Waals surface area contributed by atoms with E-state index < -0.39 is 17.6 Å². The predicted molar refractivity (Wildman–Crippen MR) is 121 cm³/mol. The van der Waals surface area contributed by atoms with Gasteiger partial charge in [-0.25, -0.2) is 0 Å². The van der Waals surface area contributed by atoms with Gasteiger partial charge < -0.3 is 14.6 Å². The van der Waals surface area contributed by atoms with Crippen LogP contribution >= 0.6 is 11.8 Å². The summed E-state index contributed by atoms with van der Waals surface area (Å²) in [6, 6.07) is 10.8. The van der Waals surface area contributed by atoms with Crippen LogP contribution in [0.25, 0.3) is 0 Å². The largest absolute Gasteiger partial charge is 0.483 e. The standard InChI is InChI=1S/C23H25F3N4O2S/c1-5-30-21(16(4)32-17-11-14(2)10-15(3)12-17)28-29-22(30)33-13-20(31)27-19-9-7-6-8-18(19)23(24,25)26/h6-12,16H,5,13H2,1-4H3,(H,27,31). The Bertz CT molecular complexity index is 1110. The van der Waals surface area contributed by atoms with Crippen molar-refractivity contribution in [1.82, 2.24) is 14.8 Å². The number of benzene rings is 2. The Morgan fingerprint density at radius 3 is 2.45 bits per heavy atom. The number of hydrogen-bond acceptors (Lipinski definition) is 5. The first-order chi connectivity index (χ1) is 15.6. The van der Waals surface area contributed by atoms with Gasteiger partial charge in [-0.1, -0.05) is 30.0 Å². The molecule has 1 N–H and O–H groups in total. The molecule has 1 amide bonds. The number of para-hydroxylation sites is 1. The summed E-state index contributed by atoms with van der Waals surface area (Å²) in [6.07, 6.45) is -4.94. The molecular formula is C23H25F3N4O2S. The van der Waals surface area contributed by atoms with Gasteiger partial charge in [0.2, 0.25) is 5.91 Å². The lowest BCUT2D eigenvalue weighted by atomic mass is 10.1. The van der Waals surface area contributed by atoms with Crippen LogP contribution in [0.4, 0.5) is 18.9 Å². The maximum absolute atomic E-state index is 13.1. The molecule has 0 fully saturated rings. The molecule has 0 saturated carbocycles. The van der Waals surface area contributed by atoms with Crippen LogP contribution in [0.1, 0.15) is 42.5 Å². The number of amides is 1. The number of thioether (sulfide) groups is 1. The van der Waals surface area contributed by atoms with E-state index >= 15 is 0 Å². The number of rotatable bonds is 8. The van der Waals surface area contributed by atoms with E-state index in [-0.39, 0.29) is 17.5 Å². The van der Waals surface area contributed by atoms with Crippen molar-refractivity contribution in [3.63, 3.8) is 0 Å². The van der Waals surface area contributed by atoms with E-state index in [1.54, 1.807) is 0 Å². The summed E-state index contributed by atoms with van der Waals surface area (Å²) in [5.41, 5.74) is 1.01. The van der Waals surface area contributed by atoms with Crippen LogP contribution in [0.15, 0.2) is 47.6 Å². The monoisotopic (exact) mass is 478 g/mol. The van der Waals surface area contributed by atoms with E-state index in [4.69, 9.17) is 4.74 Å². The average Bonchev–Trinajstić information content (AvgIpc) is 3.14. The van der Waals surface area contributed by atoms with E-state index in [0.29, 0.717) is 17.5 Å². The third-order valence-corrected chi connectivity index (χ3v) is 5.74. The minimum absolute atomic E-state index is 0.114. The molecule has 0 radical (unpaired) electrons. The molecule has 2 aromatic carbocycles. The summed E-state index contributed by atoms with van der Waals surface area (Å²) in [5, 5.41) is 11.2. The molecule has 0 aliphatic rings. The second kappa shape index (κ2) is 10.3. The minimum atomic E-state index is -4.56. The van der Waals surface area contributed by atoms with E-state index in [1.807, 2.05) is 44.4 Å². The van der Waals surface area contributed by atoms with Gasteiger partial charge in [-0.2, -0.15) is 13.2 Å². The van der Waals surface area contributed by atoms with Crippen molar-refractivity contribution in [2.75, 3.05) is 11.1 Å². The first-order valence-electron chi connectivity index (χ1n) is 10.4. The highest BCUT2D eigenvalue weighted by atomic mass is 32.2. The van der Waals surface area contributed by atoms with Crippen molar-refractivity contribution in [2.45, 2.75) is 51.7 Å². The summed E-state index contributed by atoms with van der Waals surface area (Å²) < 4.78 is 47.3. The van der Waals surface area contributed by atoms with Crippen molar-refractivity contribution in [2.24, 2.45) is 0 Å². The molecule has 10 heteroatoms. The number of anilines is 1. The zero-order valence-corrected chi connectivity index (χ0v) is 19.5. The Morgan fingerprint density at radius 1 is 1.15 bits per heavy atom. The molecule has 0 saturated heterocycles. The van der Waals surface area contributed by atoms with Gasteiger partial charge in [0.1, 0.15) is 5.75 Å². The first-order valence-corrected chi connectivity index (χ1v) is 11.3. The molecule has 1 unspecified atom stereocenters. The molecule has 0 aliphatic heterocycles. The zero-order chi connectivity index (χ0) is 24.2. The normalized spacial score (nSPS) is 12.5. The second-order valence-corrected chi connectivity index (χ2v) is 8.49. The number of nitrogens with zero attached hydrogens (tertiary/aromatic N) is 3. The molecule has 176 valence electrons. The number of alkyl halides is 3. The molecular weight excluding hydrogens is 453 g/mol. The fraction of sp³-hybridized carbons (Fsp3) is 0.348. The number of halogens is 3. The summed E-state index contributed by atoms with van der Waals surface area (Å²) >= 11 is 1.10. The van der Waals surface area contributed by atoms with Crippen molar-refractivity contribution in [1.29, 1.82) is 0 Å². The first kappa shape index (κ1) is 24.6. The van der Waals surface area contributed by atoms with Crippen molar-refractivity contribution in [3.8, 4) is 5.75 Å². The van der Waals surface area contributed by atoms with Gasteiger partial charge in [0.05, 0.1) is 17.0 Å². The van der Waals surface area contributed by atoms with Crippen LogP contribution in [0.5, 0.6) is 5.75 Å². The number of nitrogens with one attached hydrogen (secondary N) is 1. The van der Waals surface area contributed by atoms with Crippen molar-refractivity contribution in [3.05, 3.63) is 65.0 Å². The number of carbonyl (C=O) groups excluding carboxylic acids is 1. The molecule has 1 atom stereocenters. The van der Waals surface area contributed by atoms with Crippen LogP contribution in [0.3, 0.4) is 0 Å². The molecule has 1 heterocycles. The lowest BCUT2D eigenvalue weighted by Gasteiger charge is -2.16. The highest BCUT2D eigenvalue weighted by molar-refractivity contribution is 7.99. The summed E-state index contributed by atoms with van der Waals surface area (Å²) in [7, 11) is 0. The molecule has 0 bridgehead atoms. The highest BCUT2D eigenvalue weighted by Crippen LogP contribution is 2.34.